The number of rotatable bonds is 3. The van der Waals surface area contributed by atoms with Crippen LogP contribution in [0.15, 0.2) is 32.0 Å². The van der Waals surface area contributed by atoms with Crippen molar-refractivity contribution in [3.63, 3.8) is 0 Å². The minimum atomic E-state index is -3.93. The molecule has 0 aromatic heterocycles. The SMILES string of the molecule is O=S1(=O)C[C@@H](O)[C@@H](NS(=O)(=O)c2cc(Br)ccc2Br)C1. The number of sulfonamides is 1. The first kappa shape index (κ1) is 16.4. The molecule has 1 aliphatic heterocycles. The van der Waals surface area contributed by atoms with Crippen LogP contribution < -0.4 is 4.72 Å². The summed E-state index contributed by atoms with van der Waals surface area (Å²) >= 11 is 6.31. The maximum atomic E-state index is 12.2. The molecule has 0 unspecified atom stereocenters. The van der Waals surface area contributed by atoms with Gasteiger partial charge in [0.1, 0.15) is 0 Å². The van der Waals surface area contributed by atoms with Crippen molar-refractivity contribution in [2.24, 2.45) is 0 Å². The van der Waals surface area contributed by atoms with Gasteiger partial charge in [-0.1, -0.05) is 15.9 Å². The van der Waals surface area contributed by atoms with Gasteiger partial charge in [0.25, 0.3) is 0 Å². The number of halogens is 2. The number of benzene rings is 1. The largest absolute Gasteiger partial charge is 0.390 e. The van der Waals surface area contributed by atoms with Crippen LogP contribution in [-0.2, 0) is 19.9 Å². The number of nitrogens with one attached hydrogen (secondary N) is 1. The molecule has 2 N–H and O–H groups in total. The highest BCUT2D eigenvalue weighted by molar-refractivity contribution is 9.11. The fourth-order valence-corrected chi connectivity index (χ4v) is 6.51. The summed E-state index contributed by atoms with van der Waals surface area (Å²) in [6.45, 7) is 0. The summed E-state index contributed by atoms with van der Waals surface area (Å²) < 4.78 is 50.4. The van der Waals surface area contributed by atoms with E-state index in [1.165, 1.54) is 6.07 Å². The third kappa shape index (κ3) is 3.60. The van der Waals surface area contributed by atoms with Gasteiger partial charge in [0.15, 0.2) is 9.84 Å². The van der Waals surface area contributed by atoms with Crippen molar-refractivity contribution in [1.29, 1.82) is 0 Å². The number of aliphatic hydroxyl groups excluding tert-OH is 1. The van der Waals surface area contributed by atoms with E-state index in [2.05, 4.69) is 36.6 Å². The quantitative estimate of drug-likeness (QED) is 0.706. The van der Waals surface area contributed by atoms with Crippen LogP contribution in [0, 0.1) is 0 Å². The molecule has 112 valence electrons. The lowest BCUT2D eigenvalue weighted by Crippen LogP contribution is -2.42. The Morgan fingerprint density at radius 1 is 1.25 bits per heavy atom. The Labute approximate surface area is 133 Å². The Bertz CT molecular complexity index is 732. The predicted molar refractivity (Wildman–Crippen MR) is 80.6 cm³/mol. The third-order valence-electron chi connectivity index (χ3n) is 2.81. The Kier molecular flexibility index (Phi) is 4.63. The molecule has 2 rings (SSSR count). The van der Waals surface area contributed by atoms with E-state index in [4.69, 9.17) is 0 Å². The van der Waals surface area contributed by atoms with Crippen molar-refractivity contribution in [3.8, 4) is 0 Å². The smallest absolute Gasteiger partial charge is 0.242 e. The van der Waals surface area contributed by atoms with E-state index in [0.717, 1.165) is 0 Å². The van der Waals surface area contributed by atoms with Gasteiger partial charge in [-0.2, -0.15) is 0 Å². The van der Waals surface area contributed by atoms with Gasteiger partial charge in [0.2, 0.25) is 10.0 Å². The van der Waals surface area contributed by atoms with Gasteiger partial charge in [0.05, 0.1) is 28.5 Å². The van der Waals surface area contributed by atoms with E-state index in [9.17, 15) is 21.9 Å². The first-order valence-electron chi connectivity index (χ1n) is 5.46. The molecule has 6 nitrogen and oxygen atoms in total. The average Bonchev–Trinajstić information content (AvgIpc) is 2.54. The molecule has 1 fully saturated rings. The predicted octanol–water partition coefficient (Wildman–Crippen LogP) is 0.648. The van der Waals surface area contributed by atoms with Crippen LogP contribution in [-0.4, -0.2) is 45.6 Å². The van der Waals surface area contributed by atoms with Crippen LogP contribution >= 0.6 is 31.9 Å². The van der Waals surface area contributed by atoms with Gasteiger partial charge in [-0.05, 0) is 34.1 Å². The summed E-state index contributed by atoms with van der Waals surface area (Å²) in [5.74, 6) is -0.834. The molecule has 0 radical (unpaired) electrons. The van der Waals surface area contributed by atoms with Crippen LogP contribution in [0.2, 0.25) is 0 Å². The second-order valence-corrected chi connectivity index (χ2v) is 10.1. The lowest BCUT2D eigenvalue weighted by molar-refractivity contribution is 0.176. The Morgan fingerprint density at radius 2 is 1.90 bits per heavy atom. The molecule has 0 saturated carbocycles. The summed E-state index contributed by atoms with van der Waals surface area (Å²) in [6, 6.07) is 3.58. The fraction of sp³-hybridized carbons (Fsp3) is 0.400. The van der Waals surface area contributed by atoms with Crippen LogP contribution in [0.1, 0.15) is 0 Å². The van der Waals surface area contributed by atoms with Gasteiger partial charge < -0.3 is 5.11 Å². The summed E-state index contributed by atoms with van der Waals surface area (Å²) in [6.07, 6.45) is -1.24. The minimum Gasteiger partial charge on any atom is -0.390 e. The lowest BCUT2D eigenvalue weighted by Gasteiger charge is -2.16. The topological polar surface area (TPSA) is 101 Å². The van der Waals surface area contributed by atoms with Gasteiger partial charge in [-0.25, -0.2) is 21.6 Å². The first-order chi connectivity index (χ1) is 9.11. The van der Waals surface area contributed by atoms with Crippen molar-refractivity contribution in [2.75, 3.05) is 11.5 Å². The molecular weight excluding hydrogens is 438 g/mol. The van der Waals surface area contributed by atoms with Crippen LogP contribution in [0.5, 0.6) is 0 Å². The summed E-state index contributed by atoms with van der Waals surface area (Å²) in [5, 5.41) is 9.63. The highest BCUT2D eigenvalue weighted by Gasteiger charge is 2.39. The standard InChI is InChI=1S/C10H11Br2NO5S2/c11-6-1-2-7(12)10(3-6)20(17,18)13-8-4-19(15,16)5-9(8)14/h1-3,8-9,13-14H,4-5H2/t8-,9+/m0/s1. The molecule has 2 atom stereocenters. The van der Waals surface area contributed by atoms with Crippen LogP contribution in [0.25, 0.3) is 0 Å². The van der Waals surface area contributed by atoms with E-state index in [1.807, 2.05) is 0 Å². The van der Waals surface area contributed by atoms with Gasteiger partial charge >= 0.3 is 0 Å². The minimum absolute atomic E-state index is 0.0247. The molecule has 0 bridgehead atoms. The third-order valence-corrected chi connectivity index (χ3v) is 7.51. The molecule has 20 heavy (non-hydrogen) atoms. The molecule has 0 spiro atoms. The molecule has 1 heterocycles. The highest BCUT2D eigenvalue weighted by atomic mass is 79.9. The summed E-state index contributed by atoms with van der Waals surface area (Å²) in [7, 11) is -7.35. The monoisotopic (exact) mass is 447 g/mol. The Morgan fingerprint density at radius 3 is 2.45 bits per heavy atom. The van der Waals surface area contributed by atoms with E-state index in [0.29, 0.717) is 8.95 Å². The zero-order chi connectivity index (χ0) is 15.1. The van der Waals surface area contributed by atoms with Crippen LogP contribution in [0.3, 0.4) is 0 Å². The maximum absolute atomic E-state index is 12.2. The number of aliphatic hydroxyl groups is 1. The van der Waals surface area contributed by atoms with E-state index >= 15 is 0 Å². The molecule has 0 amide bonds. The summed E-state index contributed by atoms with van der Waals surface area (Å²) in [5.41, 5.74) is 0. The number of sulfone groups is 1. The van der Waals surface area contributed by atoms with Gasteiger partial charge in [0, 0.05) is 8.95 Å². The number of hydrogen-bond acceptors (Lipinski definition) is 5. The van der Waals surface area contributed by atoms with Crippen molar-refractivity contribution < 1.29 is 21.9 Å². The molecular formula is C10H11Br2NO5S2. The van der Waals surface area contributed by atoms with Crippen molar-refractivity contribution >= 4 is 51.7 Å². The van der Waals surface area contributed by atoms with Crippen molar-refractivity contribution in [2.45, 2.75) is 17.0 Å². The zero-order valence-corrected chi connectivity index (χ0v) is 14.8. The van der Waals surface area contributed by atoms with E-state index in [1.54, 1.807) is 12.1 Å². The summed E-state index contributed by atoms with van der Waals surface area (Å²) in [4.78, 5) is -0.0247. The molecule has 1 aromatic carbocycles. The number of hydrogen-bond donors (Lipinski definition) is 2. The fourth-order valence-electron chi connectivity index (χ4n) is 1.89. The Balaban J connectivity index is 2.31. The second-order valence-electron chi connectivity index (χ2n) is 4.45. The van der Waals surface area contributed by atoms with Crippen molar-refractivity contribution in [3.05, 3.63) is 27.1 Å². The van der Waals surface area contributed by atoms with Crippen LogP contribution in [0.4, 0.5) is 0 Å². The van der Waals surface area contributed by atoms with Crippen molar-refractivity contribution in [1.82, 2.24) is 4.72 Å². The van der Waals surface area contributed by atoms with Gasteiger partial charge in [-0.3, -0.25) is 0 Å². The highest BCUT2D eigenvalue weighted by Crippen LogP contribution is 2.26. The molecule has 10 heteroatoms. The first-order valence-corrected chi connectivity index (χ1v) is 10.4. The second kappa shape index (κ2) is 5.65. The molecule has 0 aliphatic carbocycles. The van der Waals surface area contributed by atoms with E-state index < -0.39 is 43.5 Å². The zero-order valence-electron chi connectivity index (χ0n) is 9.95. The maximum Gasteiger partial charge on any atom is 0.242 e. The lowest BCUT2D eigenvalue weighted by atomic mass is 10.2. The van der Waals surface area contributed by atoms with E-state index in [-0.39, 0.29) is 4.90 Å². The Hall–Kier alpha value is -0.000000000000000111. The molecule has 1 saturated heterocycles. The average molecular weight is 449 g/mol. The molecule has 1 aliphatic rings. The van der Waals surface area contributed by atoms with Gasteiger partial charge in [-0.15, -0.1) is 0 Å². The molecule has 1 aromatic rings. The normalized spacial score (nSPS) is 25.8.